The van der Waals surface area contributed by atoms with Crippen molar-refractivity contribution in [2.75, 3.05) is 12.3 Å². The third-order valence-electron chi connectivity index (χ3n) is 2.23. The summed E-state index contributed by atoms with van der Waals surface area (Å²) in [7, 11) is 0. The number of nitrogens with two attached hydrogens (primary N) is 1. The molecule has 1 aliphatic heterocycles. The molecule has 1 aromatic rings. The lowest BCUT2D eigenvalue weighted by Crippen LogP contribution is -2.28. The van der Waals surface area contributed by atoms with Gasteiger partial charge >= 0.3 is 5.69 Å². The number of aromatic nitrogens is 2. The zero-order chi connectivity index (χ0) is 10.8. The van der Waals surface area contributed by atoms with Gasteiger partial charge in [0, 0.05) is 6.20 Å². The lowest BCUT2D eigenvalue weighted by atomic mass is 10.5. The third-order valence-corrected chi connectivity index (χ3v) is 2.23. The smallest absolute Gasteiger partial charge is 0.351 e. The fourth-order valence-corrected chi connectivity index (χ4v) is 1.45. The van der Waals surface area contributed by atoms with Gasteiger partial charge in [0.05, 0.1) is 6.61 Å². The molecule has 2 heterocycles. The average Bonchev–Trinajstić information content (AvgIpc) is 2.66. The Morgan fingerprint density at radius 3 is 3.13 bits per heavy atom. The highest BCUT2D eigenvalue weighted by atomic mass is 16.7. The van der Waals surface area contributed by atoms with E-state index in [1.165, 1.54) is 4.57 Å². The van der Waals surface area contributed by atoms with Crippen LogP contribution in [0.3, 0.4) is 0 Å². The van der Waals surface area contributed by atoms with E-state index in [1.54, 1.807) is 12.3 Å². The monoisotopic (exact) mass is 211 g/mol. The standard InChI is InChI=1S/C9H13N3O3/c1-2-8-14-5-7(15-8)12-4-3-6(10)11-9(12)13/h3-4,7-8H,2,5H2,1H3,(H2,10,11,13)/t7-,8-/m1/s1. The van der Waals surface area contributed by atoms with E-state index in [2.05, 4.69) is 4.98 Å². The summed E-state index contributed by atoms with van der Waals surface area (Å²) in [6.45, 7) is 2.32. The van der Waals surface area contributed by atoms with E-state index in [4.69, 9.17) is 15.2 Å². The van der Waals surface area contributed by atoms with Gasteiger partial charge in [0.25, 0.3) is 0 Å². The zero-order valence-corrected chi connectivity index (χ0v) is 8.42. The number of nitrogen functional groups attached to an aromatic ring is 1. The maximum absolute atomic E-state index is 11.5. The Bertz CT molecular complexity index is 404. The van der Waals surface area contributed by atoms with Gasteiger partial charge in [0.2, 0.25) is 0 Å². The molecule has 6 nitrogen and oxygen atoms in total. The molecule has 0 unspecified atom stereocenters. The first-order valence-electron chi connectivity index (χ1n) is 4.82. The minimum Gasteiger partial charge on any atom is -0.383 e. The molecule has 1 fully saturated rings. The van der Waals surface area contributed by atoms with Crippen LogP contribution >= 0.6 is 0 Å². The summed E-state index contributed by atoms with van der Waals surface area (Å²) in [5.41, 5.74) is 4.97. The van der Waals surface area contributed by atoms with Gasteiger partial charge in [-0.3, -0.25) is 4.57 Å². The Morgan fingerprint density at radius 1 is 1.73 bits per heavy atom. The minimum absolute atomic E-state index is 0.210. The molecule has 0 saturated carbocycles. The van der Waals surface area contributed by atoms with E-state index in [1.807, 2.05) is 6.92 Å². The summed E-state index contributed by atoms with van der Waals surface area (Å²) in [6.07, 6.45) is 1.69. The van der Waals surface area contributed by atoms with Gasteiger partial charge in [-0.1, -0.05) is 6.92 Å². The minimum atomic E-state index is -0.416. The number of nitrogens with zero attached hydrogens (tertiary/aromatic N) is 2. The summed E-state index contributed by atoms with van der Waals surface area (Å²) >= 11 is 0. The molecular formula is C9H13N3O3. The van der Waals surface area contributed by atoms with Crippen molar-refractivity contribution in [1.82, 2.24) is 9.55 Å². The van der Waals surface area contributed by atoms with Crippen molar-refractivity contribution < 1.29 is 9.47 Å². The summed E-state index contributed by atoms with van der Waals surface area (Å²) in [5.74, 6) is 0.210. The van der Waals surface area contributed by atoms with Gasteiger partial charge in [-0.15, -0.1) is 0 Å². The largest absolute Gasteiger partial charge is 0.383 e. The zero-order valence-electron chi connectivity index (χ0n) is 8.42. The topological polar surface area (TPSA) is 79.4 Å². The Labute approximate surface area is 86.6 Å². The van der Waals surface area contributed by atoms with Crippen LogP contribution in [0.4, 0.5) is 5.82 Å². The fourth-order valence-electron chi connectivity index (χ4n) is 1.45. The van der Waals surface area contributed by atoms with Crippen LogP contribution in [0.5, 0.6) is 0 Å². The quantitative estimate of drug-likeness (QED) is 0.750. The Hall–Kier alpha value is -1.40. The second-order valence-corrected chi connectivity index (χ2v) is 3.30. The summed E-state index contributed by atoms with van der Waals surface area (Å²) < 4.78 is 12.2. The maximum atomic E-state index is 11.5. The van der Waals surface area contributed by atoms with Crippen molar-refractivity contribution in [3.63, 3.8) is 0 Å². The van der Waals surface area contributed by atoms with Crippen LogP contribution in [0.15, 0.2) is 17.1 Å². The van der Waals surface area contributed by atoms with Crippen molar-refractivity contribution in [2.24, 2.45) is 0 Å². The summed E-state index contributed by atoms with van der Waals surface area (Å²) in [6, 6.07) is 1.56. The first kappa shape index (κ1) is 10.1. The SMILES string of the molecule is CC[C@@H]1OC[C@H](n2ccc(N)nc2=O)O1. The van der Waals surface area contributed by atoms with Crippen molar-refractivity contribution in [3.8, 4) is 0 Å². The first-order chi connectivity index (χ1) is 7.20. The lowest BCUT2D eigenvalue weighted by molar-refractivity contribution is -0.0731. The van der Waals surface area contributed by atoms with Gasteiger partial charge in [-0.25, -0.2) is 4.79 Å². The van der Waals surface area contributed by atoms with Crippen molar-refractivity contribution in [3.05, 3.63) is 22.7 Å². The van der Waals surface area contributed by atoms with Crippen LogP contribution in [-0.2, 0) is 9.47 Å². The Balaban J connectivity index is 2.20. The number of ether oxygens (including phenoxy) is 2. The molecule has 0 aromatic carbocycles. The van der Waals surface area contributed by atoms with Crippen LogP contribution in [0.25, 0.3) is 0 Å². The first-order valence-corrected chi connectivity index (χ1v) is 4.82. The molecule has 6 heteroatoms. The van der Waals surface area contributed by atoms with Gasteiger partial charge in [0.1, 0.15) is 5.82 Å². The second-order valence-electron chi connectivity index (χ2n) is 3.30. The summed E-state index contributed by atoms with van der Waals surface area (Å²) in [5, 5.41) is 0. The molecule has 0 bridgehead atoms. The van der Waals surface area contributed by atoms with Crippen LogP contribution in [-0.4, -0.2) is 22.4 Å². The third kappa shape index (κ3) is 2.00. The molecule has 0 amide bonds. The molecule has 1 aliphatic rings. The molecule has 82 valence electrons. The predicted octanol–water partition coefficient (Wildman–Crippen LogP) is 0.107. The predicted molar refractivity (Wildman–Crippen MR) is 53.1 cm³/mol. The van der Waals surface area contributed by atoms with Gasteiger partial charge < -0.3 is 15.2 Å². The number of rotatable bonds is 2. The average molecular weight is 211 g/mol. The maximum Gasteiger partial charge on any atom is 0.351 e. The summed E-state index contributed by atoms with van der Waals surface area (Å²) in [4.78, 5) is 15.1. The Morgan fingerprint density at radius 2 is 2.53 bits per heavy atom. The van der Waals surface area contributed by atoms with E-state index < -0.39 is 11.9 Å². The molecule has 2 atom stereocenters. The molecule has 0 spiro atoms. The van der Waals surface area contributed by atoms with Crippen LogP contribution in [0.1, 0.15) is 19.6 Å². The van der Waals surface area contributed by atoms with Gasteiger partial charge in [0.15, 0.2) is 12.5 Å². The van der Waals surface area contributed by atoms with Crippen molar-refractivity contribution >= 4 is 5.82 Å². The Kier molecular flexibility index (Phi) is 2.70. The molecule has 0 aliphatic carbocycles. The van der Waals surface area contributed by atoms with Crippen molar-refractivity contribution in [1.29, 1.82) is 0 Å². The van der Waals surface area contributed by atoms with Crippen LogP contribution < -0.4 is 11.4 Å². The molecule has 15 heavy (non-hydrogen) atoms. The molecule has 2 N–H and O–H groups in total. The number of hydrogen-bond donors (Lipinski definition) is 1. The molecule has 2 rings (SSSR count). The van der Waals surface area contributed by atoms with Crippen molar-refractivity contribution in [2.45, 2.75) is 25.9 Å². The highest BCUT2D eigenvalue weighted by molar-refractivity contribution is 5.23. The molecular weight excluding hydrogens is 198 g/mol. The van der Waals surface area contributed by atoms with Crippen LogP contribution in [0.2, 0.25) is 0 Å². The molecule has 1 aromatic heterocycles. The normalized spacial score (nSPS) is 25.7. The highest BCUT2D eigenvalue weighted by Gasteiger charge is 2.26. The van der Waals surface area contributed by atoms with Gasteiger partial charge in [-0.05, 0) is 12.5 Å². The molecule has 0 radical (unpaired) electrons. The van der Waals surface area contributed by atoms with E-state index in [0.717, 1.165) is 6.42 Å². The number of anilines is 1. The highest BCUT2D eigenvalue weighted by Crippen LogP contribution is 2.20. The van der Waals surface area contributed by atoms with E-state index in [0.29, 0.717) is 6.61 Å². The van der Waals surface area contributed by atoms with E-state index in [9.17, 15) is 4.79 Å². The molecule has 1 saturated heterocycles. The lowest BCUT2D eigenvalue weighted by Gasteiger charge is -2.11. The number of hydrogen-bond acceptors (Lipinski definition) is 5. The second kappa shape index (κ2) is 4.00. The van der Waals surface area contributed by atoms with Crippen LogP contribution in [0, 0.1) is 0 Å². The fraction of sp³-hybridized carbons (Fsp3) is 0.556. The van der Waals surface area contributed by atoms with E-state index >= 15 is 0 Å². The van der Waals surface area contributed by atoms with Gasteiger partial charge in [-0.2, -0.15) is 4.98 Å². The van der Waals surface area contributed by atoms with E-state index in [-0.39, 0.29) is 12.1 Å².